The van der Waals surface area contributed by atoms with Crippen LogP contribution in [0, 0.1) is 5.92 Å². The van der Waals surface area contributed by atoms with Gasteiger partial charge in [-0.25, -0.2) is 0 Å². The Morgan fingerprint density at radius 1 is 1.19 bits per heavy atom. The molecule has 1 saturated heterocycles. The predicted octanol–water partition coefficient (Wildman–Crippen LogP) is 2.42. The molecule has 116 valence electrons. The monoisotopic (exact) mass is 289 g/mol. The second kappa shape index (κ2) is 7.57. The molecule has 0 bridgehead atoms. The summed E-state index contributed by atoms with van der Waals surface area (Å²) in [6.07, 6.45) is 0.868. The zero-order valence-corrected chi connectivity index (χ0v) is 13.4. The molecule has 1 amide bonds. The molecule has 0 spiro atoms. The number of nitrogens with zero attached hydrogens (tertiary/aromatic N) is 2. The van der Waals surface area contributed by atoms with Crippen molar-refractivity contribution in [1.29, 1.82) is 0 Å². The Morgan fingerprint density at radius 3 is 2.38 bits per heavy atom. The van der Waals surface area contributed by atoms with Crippen molar-refractivity contribution in [2.75, 3.05) is 38.5 Å². The number of carbonyl (C=O) groups excluding carboxylic acids is 1. The predicted molar refractivity (Wildman–Crippen MR) is 87.3 cm³/mol. The standard InChI is InChI=1S/C17H27N3O/c1-4-14(2)17(21)18-16-7-5-15(6-8-16)13-20-11-9-19(3)10-12-20/h5-8,14H,4,9-13H2,1-3H3,(H,18,21)/t14-/m1/s1. The van der Waals surface area contributed by atoms with E-state index in [0.29, 0.717) is 0 Å². The fraction of sp³-hybridized carbons (Fsp3) is 0.588. The molecule has 1 aliphatic heterocycles. The molecule has 4 heteroatoms. The molecule has 1 atom stereocenters. The van der Waals surface area contributed by atoms with Crippen LogP contribution in [0.25, 0.3) is 0 Å². The molecule has 1 aromatic rings. The van der Waals surface area contributed by atoms with Crippen LogP contribution in [0.3, 0.4) is 0 Å². The number of nitrogens with one attached hydrogen (secondary N) is 1. The van der Waals surface area contributed by atoms with Gasteiger partial charge in [0.05, 0.1) is 0 Å². The van der Waals surface area contributed by atoms with E-state index in [0.717, 1.165) is 44.8 Å². The highest BCUT2D eigenvalue weighted by Crippen LogP contribution is 2.14. The van der Waals surface area contributed by atoms with Gasteiger partial charge in [0, 0.05) is 44.3 Å². The third kappa shape index (κ3) is 4.83. The van der Waals surface area contributed by atoms with Crippen LogP contribution in [0.5, 0.6) is 0 Å². The zero-order valence-electron chi connectivity index (χ0n) is 13.4. The summed E-state index contributed by atoms with van der Waals surface area (Å²) in [6, 6.07) is 8.24. The zero-order chi connectivity index (χ0) is 15.2. The summed E-state index contributed by atoms with van der Waals surface area (Å²) in [7, 11) is 2.17. The van der Waals surface area contributed by atoms with Crippen molar-refractivity contribution in [3.05, 3.63) is 29.8 Å². The average molecular weight is 289 g/mol. The van der Waals surface area contributed by atoms with E-state index in [2.05, 4.69) is 34.3 Å². The van der Waals surface area contributed by atoms with Crippen molar-refractivity contribution in [3.63, 3.8) is 0 Å². The fourth-order valence-corrected chi connectivity index (χ4v) is 2.41. The number of rotatable bonds is 5. The Balaban J connectivity index is 1.85. The lowest BCUT2D eigenvalue weighted by atomic mass is 10.1. The molecular weight excluding hydrogens is 262 g/mol. The van der Waals surface area contributed by atoms with Gasteiger partial charge in [-0.05, 0) is 31.2 Å². The Kier molecular flexibility index (Phi) is 5.76. The van der Waals surface area contributed by atoms with E-state index in [9.17, 15) is 4.79 Å². The van der Waals surface area contributed by atoms with E-state index in [1.165, 1.54) is 5.56 Å². The second-order valence-corrected chi connectivity index (χ2v) is 6.07. The molecule has 0 radical (unpaired) electrons. The highest BCUT2D eigenvalue weighted by atomic mass is 16.1. The maximum absolute atomic E-state index is 11.9. The first-order valence-corrected chi connectivity index (χ1v) is 7.89. The van der Waals surface area contributed by atoms with Crippen LogP contribution < -0.4 is 5.32 Å². The second-order valence-electron chi connectivity index (χ2n) is 6.07. The van der Waals surface area contributed by atoms with Crippen molar-refractivity contribution in [2.45, 2.75) is 26.8 Å². The first-order valence-electron chi connectivity index (χ1n) is 7.89. The Bertz CT molecular complexity index is 450. The minimum Gasteiger partial charge on any atom is -0.326 e. The minimum absolute atomic E-state index is 0.0648. The molecule has 21 heavy (non-hydrogen) atoms. The van der Waals surface area contributed by atoms with Crippen LogP contribution in [-0.4, -0.2) is 48.9 Å². The van der Waals surface area contributed by atoms with E-state index in [-0.39, 0.29) is 11.8 Å². The molecule has 1 aromatic carbocycles. The molecule has 1 aliphatic rings. The molecule has 1 fully saturated rings. The Hall–Kier alpha value is -1.39. The number of hydrogen-bond donors (Lipinski definition) is 1. The van der Waals surface area contributed by atoms with E-state index in [4.69, 9.17) is 0 Å². The van der Waals surface area contributed by atoms with Gasteiger partial charge in [-0.3, -0.25) is 9.69 Å². The molecule has 0 saturated carbocycles. The van der Waals surface area contributed by atoms with Crippen LogP contribution in [-0.2, 0) is 11.3 Å². The summed E-state index contributed by atoms with van der Waals surface area (Å²) >= 11 is 0. The van der Waals surface area contributed by atoms with Crippen LogP contribution in [0.4, 0.5) is 5.69 Å². The fourth-order valence-electron chi connectivity index (χ4n) is 2.41. The molecule has 2 rings (SSSR count). The third-order valence-corrected chi connectivity index (χ3v) is 4.28. The minimum atomic E-state index is 0.0648. The van der Waals surface area contributed by atoms with Gasteiger partial charge in [-0.2, -0.15) is 0 Å². The van der Waals surface area contributed by atoms with Crippen molar-refractivity contribution in [1.82, 2.24) is 9.80 Å². The molecule has 0 unspecified atom stereocenters. The maximum atomic E-state index is 11.9. The van der Waals surface area contributed by atoms with Gasteiger partial charge in [0.15, 0.2) is 0 Å². The van der Waals surface area contributed by atoms with Gasteiger partial charge in [0.25, 0.3) is 0 Å². The Morgan fingerprint density at radius 2 is 1.81 bits per heavy atom. The molecule has 0 aliphatic carbocycles. The summed E-state index contributed by atoms with van der Waals surface area (Å²) in [6.45, 7) is 9.52. The van der Waals surface area contributed by atoms with Crippen molar-refractivity contribution < 1.29 is 4.79 Å². The molecule has 1 heterocycles. The van der Waals surface area contributed by atoms with E-state index in [1.807, 2.05) is 26.0 Å². The van der Waals surface area contributed by atoms with Crippen LogP contribution in [0.2, 0.25) is 0 Å². The lowest BCUT2D eigenvalue weighted by Crippen LogP contribution is -2.43. The number of piperazine rings is 1. The van der Waals surface area contributed by atoms with E-state index >= 15 is 0 Å². The average Bonchev–Trinajstić information content (AvgIpc) is 2.50. The number of likely N-dealkylation sites (N-methyl/N-ethyl adjacent to an activating group) is 1. The van der Waals surface area contributed by atoms with Gasteiger partial charge >= 0.3 is 0 Å². The summed E-state index contributed by atoms with van der Waals surface area (Å²) in [4.78, 5) is 16.7. The first kappa shape index (κ1) is 16.0. The summed E-state index contributed by atoms with van der Waals surface area (Å²) in [5, 5.41) is 2.97. The molecule has 4 nitrogen and oxygen atoms in total. The van der Waals surface area contributed by atoms with E-state index in [1.54, 1.807) is 0 Å². The number of carbonyl (C=O) groups is 1. The quantitative estimate of drug-likeness (QED) is 0.904. The SMILES string of the molecule is CC[C@@H](C)C(=O)Nc1ccc(CN2CCN(C)CC2)cc1. The largest absolute Gasteiger partial charge is 0.326 e. The lowest BCUT2D eigenvalue weighted by Gasteiger charge is -2.32. The molecule has 0 aromatic heterocycles. The Labute approximate surface area is 128 Å². The maximum Gasteiger partial charge on any atom is 0.227 e. The summed E-state index contributed by atoms with van der Waals surface area (Å²) in [5.41, 5.74) is 2.20. The van der Waals surface area contributed by atoms with Crippen molar-refractivity contribution in [3.8, 4) is 0 Å². The van der Waals surface area contributed by atoms with Gasteiger partial charge < -0.3 is 10.2 Å². The third-order valence-electron chi connectivity index (χ3n) is 4.28. The highest BCUT2D eigenvalue weighted by Gasteiger charge is 2.14. The smallest absolute Gasteiger partial charge is 0.227 e. The van der Waals surface area contributed by atoms with Gasteiger partial charge in [-0.1, -0.05) is 26.0 Å². The number of benzene rings is 1. The van der Waals surface area contributed by atoms with Crippen molar-refractivity contribution in [2.24, 2.45) is 5.92 Å². The summed E-state index contributed by atoms with van der Waals surface area (Å²) < 4.78 is 0. The van der Waals surface area contributed by atoms with Crippen LogP contribution in [0.15, 0.2) is 24.3 Å². The van der Waals surface area contributed by atoms with Gasteiger partial charge in [0.1, 0.15) is 0 Å². The topological polar surface area (TPSA) is 35.6 Å². The molecule has 1 N–H and O–H groups in total. The van der Waals surface area contributed by atoms with Gasteiger partial charge in [0.2, 0.25) is 5.91 Å². The number of anilines is 1. The van der Waals surface area contributed by atoms with Crippen molar-refractivity contribution >= 4 is 11.6 Å². The van der Waals surface area contributed by atoms with Crippen LogP contribution >= 0.6 is 0 Å². The molecular formula is C17H27N3O. The van der Waals surface area contributed by atoms with Gasteiger partial charge in [-0.15, -0.1) is 0 Å². The summed E-state index contributed by atoms with van der Waals surface area (Å²) in [5.74, 6) is 0.166. The lowest BCUT2D eigenvalue weighted by molar-refractivity contribution is -0.119. The number of amides is 1. The van der Waals surface area contributed by atoms with E-state index < -0.39 is 0 Å². The normalized spacial score (nSPS) is 18.4. The first-order chi connectivity index (χ1) is 10.1. The van der Waals surface area contributed by atoms with Crippen LogP contribution in [0.1, 0.15) is 25.8 Å². The number of hydrogen-bond acceptors (Lipinski definition) is 3. The highest BCUT2D eigenvalue weighted by molar-refractivity contribution is 5.92.